The van der Waals surface area contributed by atoms with Gasteiger partial charge in [0.05, 0.1) is 0 Å². The quantitative estimate of drug-likeness (QED) is 0.856. The van der Waals surface area contributed by atoms with Crippen LogP contribution < -0.4 is 5.32 Å². The lowest BCUT2D eigenvalue weighted by Crippen LogP contribution is -2.41. The number of hydrogen-bond donors (Lipinski definition) is 1. The number of amides is 1. The first-order valence-electron chi connectivity index (χ1n) is 7.31. The van der Waals surface area contributed by atoms with Gasteiger partial charge in [-0.25, -0.2) is 8.78 Å². The molecule has 19 heavy (non-hydrogen) atoms. The summed E-state index contributed by atoms with van der Waals surface area (Å²) in [4.78, 5) is 14.0. The zero-order valence-electron chi connectivity index (χ0n) is 11.6. The van der Waals surface area contributed by atoms with Crippen molar-refractivity contribution in [3.63, 3.8) is 0 Å². The third-order valence-electron chi connectivity index (χ3n) is 4.43. The van der Waals surface area contributed by atoms with Gasteiger partial charge in [0.2, 0.25) is 11.8 Å². The molecule has 2 aliphatic rings. The smallest absolute Gasteiger partial charge is 0.248 e. The van der Waals surface area contributed by atoms with Gasteiger partial charge in [0, 0.05) is 32.4 Å². The lowest BCUT2D eigenvalue weighted by atomic mass is 9.85. The summed E-state index contributed by atoms with van der Waals surface area (Å²) in [6.07, 6.45) is 2.60. The second-order valence-corrected chi connectivity index (χ2v) is 6.04. The maximum atomic E-state index is 13.1. The van der Waals surface area contributed by atoms with Gasteiger partial charge in [-0.05, 0) is 44.7 Å². The average Bonchev–Trinajstić information content (AvgIpc) is 2.39. The van der Waals surface area contributed by atoms with E-state index in [1.807, 2.05) is 7.05 Å². The molecule has 0 unspecified atom stereocenters. The standard InChI is InChI=1S/C14H24F2N2O/c1-18(10-11-4-8-17-9-5-11)13(19)12-2-6-14(15,16)7-3-12/h11-12,17H,2-10H2,1H3. The highest BCUT2D eigenvalue weighted by Crippen LogP contribution is 2.36. The van der Waals surface area contributed by atoms with Crippen LogP contribution in [0.4, 0.5) is 8.78 Å². The highest BCUT2D eigenvalue weighted by molar-refractivity contribution is 5.78. The highest BCUT2D eigenvalue weighted by atomic mass is 19.3. The molecular formula is C14H24F2N2O. The molecule has 1 aliphatic carbocycles. The van der Waals surface area contributed by atoms with Gasteiger partial charge in [0.1, 0.15) is 0 Å². The molecule has 0 atom stereocenters. The van der Waals surface area contributed by atoms with Crippen LogP contribution in [-0.2, 0) is 4.79 Å². The van der Waals surface area contributed by atoms with Crippen molar-refractivity contribution in [3.8, 4) is 0 Å². The molecular weight excluding hydrogens is 250 g/mol. The Morgan fingerprint density at radius 2 is 1.79 bits per heavy atom. The van der Waals surface area contributed by atoms with E-state index in [2.05, 4.69) is 5.32 Å². The number of halogens is 2. The Kier molecular flexibility index (Phi) is 4.76. The van der Waals surface area contributed by atoms with Crippen LogP contribution in [0.5, 0.6) is 0 Å². The molecule has 0 aromatic rings. The second-order valence-electron chi connectivity index (χ2n) is 6.04. The summed E-state index contributed by atoms with van der Waals surface area (Å²) in [5.41, 5.74) is 0. The Hall–Kier alpha value is -0.710. The van der Waals surface area contributed by atoms with E-state index < -0.39 is 5.92 Å². The lowest BCUT2D eigenvalue weighted by Gasteiger charge is -2.33. The van der Waals surface area contributed by atoms with Crippen LogP contribution in [0.2, 0.25) is 0 Å². The van der Waals surface area contributed by atoms with Gasteiger partial charge in [0.25, 0.3) is 0 Å². The first-order valence-corrected chi connectivity index (χ1v) is 7.31. The summed E-state index contributed by atoms with van der Waals surface area (Å²) >= 11 is 0. The molecule has 1 N–H and O–H groups in total. The molecule has 1 aliphatic heterocycles. The van der Waals surface area contributed by atoms with Gasteiger partial charge in [-0.2, -0.15) is 0 Å². The van der Waals surface area contributed by atoms with E-state index in [0.29, 0.717) is 18.8 Å². The summed E-state index contributed by atoms with van der Waals surface area (Å²) in [6, 6.07) is 0. The van der Waals surface area contributed by atoms with Gasteiger partial charge in [-0.3, -0.25) is 4.79 Å². The van der Waals surface area contributed by atoms with Crippen molar-refractivity contribution in [3.05, 3.63) is 0 Å². The van der Waals surface area contributed by atoms with Crippen LogP contribution in [0.1, 0.15) is 38.5 Å². The minimum atomic E-state index is -2.55. The van der Waals surface area contributed by atoms with Crippen molar-refractivity contribution in [1.29, 1.82) is 0 Å². The zero-order valence-corrected chi connectivity index (χ0v) is 11.6. The molecule has 1 heterocycles. The fraction of sp³-hybridized carbons (Fsp3) is 0.929. The SMILES string of the molecule is CN(CC1CCNCC1)C(=O)C1CCC(F)(F)CC1. The number of carbonyl (C=O) groups excluding carboxylic acids is 1. The van der Waals surface area contributed by atoms with Gasteiger partial charge < -0.3 is 10.2 Å². The van der Waals surface area contributed by atoms with Crippen molar-refractivity contribution >= 4 is 5.91 Å². The normalized spacial score (nSPS) is 25.2. The number of nitrogens with zero attached hydrogens (tertiary/aromatic N) is 1. The monoisotopic (exact) mass is 274 g/mol. The zero-order chi connectivity index (χ0) is 13.9. The van der Waals surface area contributed by atoms with Gasteiger partial charge in [-0.15, -0.1) is 0 Å². The van der Waals surface area contributed by atoms with E-state index >= 15 is 0 Å². The van der Waals surface area contributed by atoms with Gasteiger partial charge in [-0.1, -0.05) is 0 Å². The summed E-state index contributed by atoms with van der Waals surface area (Å²) < 4.78 is 26.2. The van der Waals surface area contributed by atoms with Gasteiger partial charge in [0.15, 0.2) is 0 Å². The number of piperidine rings is 1. The summed E-state index contributed by atoms with van der Waals surface area (Å²) in [6.45, 7) is 2.80. The number of hydrogen-bond acceptors (Lipinski definition) is 2. The van der Waals surface area contributed by atoms with Crippen molar-refractivity contribution < 1.29 is 13.6 Å². The Balaban J connectivity index is 1.78. The Morgan fingerprint density at radius 3 is 2.37 bits per heavy atom. The molecule has 1 saturated heterocycles. The molecule has 2 fully saturated rings. The third kappa shape index (κ3) is 4.13. The topological polar surface area (TPSA) is 32.3 Å². The Bertz CT molecular complexity index is 307. The number of alkyl halides is 2. The van der Waals surface area contributed by atoms with Crippen LogP contribution in [0.3, 0.4) is 0 Å². The van der Waals surface area contributed by atoms with E-state index in [1.54, 1.807) is 4.90 Å². The first-order chi connectivity index (χ1) is 8.98. The molecule has 0 aromatic heterocycles. The first kappa shape index (κ1) is 14.7. The van der Waals surface area contributed by atoms with E-state index in [-0.39, 0.29) is 24.7 Å². The van der Waals surface area contributed by atoms with E-state index in [0.717, 1.165) is 32.5 Å². The van der Waals surface area contributed by atoms with Crippen molar-refractivity contribution in [1.82, 2.24) is 10.2 Å². The predicted octanol–water partition coefficient (Wildman–Crippen LogP) is 2.27. The second kappa shape index (κ2) is 6.16. The van der Waals surface area contributed by atoms with E-state index in [4.69, 9.17) is 0 Å². The van der Waals surface area contributed by atoms with Gasteiger partial charge >= 0.3 is 0 Å². The minimum absolute atomic E-state index is 0.0639. The maximum absolute atomic E-state index is 13.1. The molecule has 0 bridgehead atoms. The molecule has 1 saturated carbocycles. The third-order valence-corrected chi connectivity index (χ3v) is 4.43. The molecule has 0 radical (unpaired) electrons. The number of rotatable bonds is 3. The molecule has 110 valence electrons. The maximum Gasteiger partial charge on any atom is 0.248 e. The minimum Gasteiger partial charge on any atom is -0.345 e. The van der Waals surface area contributed by atoms with Crippen molar-refractivity contribution in [2.45, 2.75) is 44.4 Å². The lowest BCUT2D eigenvalue weighted by molar-refractivity contribution is -0.139. The Labute approximate surface area is 113 Å². The van der Waals surface area contributed by atoms with Crippen LogP contribution in [0, 0.1) is 11.8 Å². The molecule has 2 rings (SSSR count). The summed E-state index contributed by atoms with van der Waals surface area (Å²) in [5.74, 6) is -2.12. The van der Waals surface area contributed by atoms with E-state index in [1.165, 1.54) is 0 Å². The van der Waals surface area contributed by atoms with Crippen LogP contribution in [0.15, 0.2) is 0 Å². The summed E-state index contributed by atoms with van der Waals surface area (Å²) in [5, 5.41) is 3.30. The molecule has 0 aromatic carbocycles. The van der Waals surface area contributed by atoms with E-state index in [9.17, 15) is 13.6 Å². The largest absolute Gasteiger partial charge is 0.345 e. The van der Waals surface area contributed by atoms with Crippen LogP contribution >= 0.6 is 0 Å². The fourth-order valence-electron chi connectivity index (χ4n) is 3.14. The molecule has 1 amide bonds. The molecule has 0 spiro atoms. The van der Waals surface area contributed by atoms with Crippen LogP contribution in [-0.4, -0.2) is 43.4 Å². The fourth-order valence-corrected chi connectivity index (χ4v) is 3.14. The summed E-state index contributed by atoms with van der Waals surface area (Å²) in [7, 11) is 1.82. The molecule has 5 heteroatoms. The molecule has 3 nitrogen and oxygen atoms in total. The predicted molar refractivity (Wildman–Crippen MR) is 70.1 cm³/mol. The van der Waals surface area contributed by atoms with Crippen molar-refractivity contribution in [2.75, 3.05) is 26.7 Å². The highest BCUT2D eigenvalue weighted by Gasteiger charge is 2.38. The average molecular weight is 274 g/mol. The number of carbonyl (C=O) groups is 1. The Morgan fingerprint density at radius 1 is 1.21 bits per heavy atom. The number of nitrogens with one attached hydrogen (secondary N) is 1. The van der Waals surface area contributed by atoms with Crippen LogP contribution in [0.25, 0.3) is 0 Å². The van der Waals surface area contributed by atoms with Crippen molar-refractivity contribution in [2.24, 2.45) is 11.8 Å².